The normalized spacial score (nSPS) is 16.6. The Morgan fingerprint density at radius 1 is 1.29 bits per heavy atom. The van der Waals surface area contributed by atoms with Crippen LogP contribution in [0.4, 0.5) is 0 Å². The summed E-state index contributed by atoms with van der Waals surface area (Å²) in [6.07, 6.45) is 4.78. The smallest absolute Gasteiger partial charge is 0.273 e. The van der Waals surface area contributed by atoms with Gasteiger partial charge < -0.3 is 9.47 Å². The van der Waals surface area contributed by atoms with Gasteiger partial charge in [0.15, 0.2) is 0 Å². The molecule has 0 N–H and O–H groups in total. The average Bonchev–Trinajstić information content (AvgIpc) is 3.13. The molecule has 0 unspecified atom stereocenters. The molecule has 0 aromatic carbocycles. The summed E-state index contributed by atoms with van der Waals surface area (Å²) < 4.78 is 2.05. The Bertz CT molecular complexity index is 693. The number of carbonyl (C=O) groups is 1. The monoisotopic (exact) mass is 347 g/mol. The van der Waals surface area contributed by atoms with Crippen LogP contribution in [-0.4, -0.2) is 56.4 Å². The Kier molecular flexibility index (Phi) is 5.30. The minimum absolute atomic E-state index is 0.0667. The average molecular weight is 347 g/mol. The number of imidazole rings is 1. The van der Waals surface area contributed by atoms with Gasteiger partial charge in [0.05, 0.1) is 11.6 Å². The number of hydrogen-bond acceptors (Lipinski definition) is 5. The van der Waals surface area contributed by atoms with Gasteiger partial charge in [0, 0.05) is 56.9 Å². The second-order valence-electron chi connectivity index (χ2n) is 6.60. The van der Waals surface area contributed by atoms with E-state index >= 15 is 0 Å². The first-order valence-corrected chi connectivity index (χ1v) is 9.36. The fourth-order valence-electron chi connectivity index (χ4n) is 2.89. The van der Waals surface area contributed by atoms with Gasteiger partial charge >= 0.3 is 0 Å². The summed E-state index contributed by atoms with van der Waals surface area (Å²) in [6.45, 7) is 8.45. The van der Waals surface area contributed by atoms with Crippen LogP contribution in [0.15, 0.2) is 17.8 Å². The summed E-state index contributed by atoms with van der Waals surface area (Å²) in [5.41, 5.74) is 0.598. The van der Waals surface area contributed by atoms with Crippen LogP contribution in [0.5, 0.6) is 0 Å². The SMILES string of the molecule is CC(C)c1nc(C(=O)N2CCCN(Cc3nccn3C)CC2)cs1. The van der Waals surface area contributed by atoms with Crippen LogP contribution in [0.1, 0.15) is 47.5 Å². The van der Waals surface area contributed by atoms with E-state index in [0.717, 1.165) is 50.0 Å². The number of rotatable bonds is 4. The molecule has 1 fully saturated rings. The standard InChI is InChI=1S/C17H25N5OS/c1-13(2)16-19-14(12-24-16)17(23)22-7-4-6-21(9-10-22)11-15-18-5-8-20(15)3/h5,8,12-13H,4,6-7,9-11H2,1-3H3. The lowest BCUT2D eigenvalue weighted by molar-refractivity contribution is 0.0755. The van der Waals surface area contributed by atoms with Gasteiger partial charge in [-0.05, 0) is 6.42 Å². The lowest BCUT2D eigenvalue weighted by Crippen LogP contribution is -2.35. The lowest BCUT2D eigenvalue weighted by Gasteiger charge is -2.21. The number of hydrogen-bond donors (Lipinski definition) is 0. The topological polar surface area (TPSA) is 54.3 Å². The van der Waals surface area contributed by atoms with E-state index in [1.54, 1.807) is 11.3 Å². The molecule has 0 atom stereocenters. The zero-order chi connectivity index (χ0) is 17.1. The first kappa shape index (κ1) is 17.1. The van der Waals surface area contributed by atoms with Gasteiger partial charge in [-0.25, -0.2) is 9.97 Å². The van der Waals surface area contributed by atoms with Crippen LogP contribution in [0.3, 0.4) is 0 Å². The second kappa shape index (κ2) is 7.44. The predicted molar refractivity (Wildman–Crippen MR) is 95.2 cm³/mol. The third kappa shape index (κ3) is 3.84. The summed E-state index contributed by atoms with van der Waals surface area (Å²) in [5, 5.41) is 2.93. The van der Waals surface area contributed by atoms with E-state index in [2.05, 4.69) is 33.3 Å². The Hall–Kier alpha value is -1.73. The van der Waals surface area contributed by atoms with Crippen LogP contribution in [0.25, 0.3) is 0 Å². The highest BCUT2D eigenvalue weighted by molar-refractivity contribution is 7.09. The number of nitrogens with zero attached hydrogens (tertiary/aromatic N) is 5. The van der Waals surface area contributed by atoms with Crippen LogP contribution in [0.2, 0.25) is 0 Å². The molecule has 1 amide bonds. The van der Waals surface area contributed by atoms with E-state index in [-0.39, 0.29) is 5.91 Å². The van der Waals surface area contributed by atoms with Crippen molar-refractivity contribution in [3.05, 3.63) is 34.3 Å². The quantitative estimate of drug-likeness (QED) is 0.852. The van der Waals surface area contributed by atoms with Gasteiger partial charge in [0.1, 0.15) is 11.5 Å². The first-order valence-electron chi connectivity index (χ1n) is 8.48. The second-order valence-corrected chi connectivity index (χ2v) is 7.49. The minimum Gasteiger partial charge on any atom is -0.337 e. The largest absolute Gasteiger partial charge is 0.337 e. The highest BCUT2D eigenvalue weighted by atomic mass is 32.1. The predicted octanol–water partition coefficient (Wildman–Crippen LogP) is 2.35. The van der Waals surface area contributed by atoms with Gasteiger partial charge in [-0.2, -0.15) is 0 Å². The molecule has 2 aromatic heterocycles. The molecular formula is C17H25N5OS. The van der Waals surface area contributed by atoms with Crippen molar-refractivity contribution in [1.82, 2.24) is 24.3 Å². The van der Waals surface area contributed by atoms with Crippen molar-refractivity contribution in [2.45, 2.75) is 32.7 Å². The zero-order valence-corrected chi connectivity index (χ0v) is 15.4. The van der Waals surface area contributed by atoms with Crippen LogP contribution in [-0.2, 0) is 13.6 Å². The fraction of sp³-hybridized carbons (Fsp3) is 0.588. The molecule has 130 valence electrons. The van der Waals surface area contributed by atoms with Crippen molar-refractivity contribution in [3.8, 4) is 0 Å². The van der Waals surface area contributed by atoms with Gasteiger partial charge in [0.25, 0.3) is 5.91 Å². The van der Waals surface area contributed by atoms with E-state index in [1.807, 2.05) is 29.7 Å². The summed E-state index contributed by atoms with van der Waals surface area (Å²) in [4.78, 5) is 25.9. The number of thiazole rings is 1. The van der Waals surface area contributed by atoms with Crippen LogP contribution in [0, 0.1) is 0 Å². The molecule has 3 heterocycles. The number of amides is 1. The number of aryl methyl sites for hydroxylation is 1. The molecule has 24 heavy (non-hydrogen) atoms. The van der Waals surface area contributed by atoms with Gasteiger partial charge in [0.2, 0.25) is 0 Å². The maximum Gasteiger partial charge on any atom is 0.273 e. The van der Waals surface area contributed by atoms with Crippen molar-refractivity contribution < 1.29 is 4.79 Å². The van der Waals surface area contributed by atoms with E-state index in [0.29, 0.717) is 11.6 Å². The number of aromatic nitrogens is 3. The molecular weight excluding hydrogens is 322 g/mol. The molecule has 7 heteroatoms. The molecule has 1 aliphatic rings. The third-order valence-electron chi connectivity index (χ3n) is 4.40. The van der Waals surface area contributed by atoms with Crippen molar-refractivity contribution in [1.29, 1.82) is 0 Å². The van der Waals surface area contributed by atoms with Crippen molar-refractivity contribution in [3.63, 3.8) is 0 Å². The molecule has 1 aliphatic heterocycles. The maximum absolute atomic E-state index is 12.7. The summed E-state index contributed by atoms with van der Waals surface area (Å²) in [5.74, 6) is 1.50. The van der Waals surface area contributed by atoms with E-state index in [1.165, 1.54) is 0 Å². The molecule has 0 spiro atoms. The first-order chi connectivity index (χ1) is 11.5. The third-order valence-corrected chi connectivity index (χ3v) is 5.54. The summed E-state index contributed by atoms with van der Waals surface area (Å²) in [6, 6.07) is 0. The fourth-order valence-corrected chi connectivity index (χ4v) is 3.70. The molecule has 3 rings (SSSR count). The van der Waals surface area contributed by atoms with Gasteiger partial charge in [-0.1, -0.05) is 13.8 Å². The van der Waals surface area contributed by atoms with Crippen LogP contribution < -0.4 is 0 Å². The minimum atomic E-state index is 0.0667. The summed E-state index contributed by atoms with van der Waals surface area (Å²) in [7, 11) is 2.02. The molecule has 0 saturated carbocycles. The van der Waals surface area contributed by atoms with E-state index in [4.69, 9.17) is 0 Å². The molecule has 0 radical (unpaired) electrons. The summed E-state index contributed by atoms with van der Waals surface area (Å²) >= 11 is 1.58. The Labute approximate surface area is 147 Å². The van der Waals surface area contributed by atoms with E-state index in [9.17, 15) is 4.79 Å². The molecule has 1 saturated heterocycles. The molecule has 0 aliphatic carbocycles. The van der Waals surface area contributed by atoms with Gasteiger partial charge in [-0.15, -0.1) is 11.3 Å². The Balaban J connectivity index is 1.60. The van der Waals surface area contributed by atoms with Crippen molar-refractivity contribution in [2.24, 2.45) is 7.05 Å². The van der Waals surface area contributed by atoms with Crippen molar-refractivity contribution in [2.75, 3.05) is 26.2 Å². The van der Waals surface area contributed by atoms with E-state index < -0.39 is 0 Å². The number of carbonyl (C=O) groups excluding carboxylic acids is 1. The highest BCUT2D eigenvalue weighted by Gasteiger charge is 2.23. The maximum atomic E-state index is 12.7. The molecule has 2 aromatic rings. The van der Waals surface area contributed by atoms with Crippen molar-refractivity contribution >= 4 is 17.2 Å². The Morgan fingerprint density at radius 3 is 2.79 bits per heavy atom. The molecule has 0 bridgehead atoms. The van der Waals surface area contributed by atoms with Gasteiger partial charge in [-0.3, -0.25) is 9.69 Å². The lowest BCUT2D eigenvalue weighted by atomic mass is 10.2. The Morgan fingerprint density at radius 2 is 2.12 bits per heavy atom. The highest BCUT2D eigenvalue weighted by Crippen LogP contribution is 2.20. The zero-order valence-electron chi connectivity index (χ0n) is 14.6. The van der Waals surface area contributed by atoms with Crippen LogP contribution >= 0.6 is 11.3 Å². The molecule has 6 nitrogen and oxygen atoms in total.